The number of nitrogens with one attached hydrogen (secondary N) is 1. The molecular weight excluding hydrogens is 470 g/mol. The predicted molar refractivity (Wildman–Crippen MR) is 127 cm³/mol. The molecule has 0 unspecified atom stereocenters. The van der Waals surface area contributed by atoms with E-state index in [4.69, 9.17) is 38.0 Å². The molecule has 1 amide bonds. The number of hydrogen-bond donors (Lipinski definition) is 1. The van der Waals surface area contributed by atoms with Crippen molar-refractivity contribution in [2.24, 2.45) is 0 Å². The minimum absolute atomic E-state index is 0.0979. The molecule has 174 valence electrons. The normalized spacial score (nSPS) is 14.5. The lowest BCUT2D eigenvalue weighted by atomic mass is 10.1. The number of carbonyl (C=O) groups excluding carboxylic acids is 1. The maximum Gasteiger partial charge on any atom is 0.276 e. The summed E-state index contributed by atoms with van der Waals surface area (Å²) in [4.78, 5) is 24.6. The van der Waals surface area contributed by atoms with Gasteiger partial charge in [0, 0.05) is 38.0 Å². The Balaban J connectivity index is 1.76. The highest BCUT2D eigenvalue weighted by molar-refractivity contribution is 7.80. The van der Waals surface area contributed by atoms with Gasteiger partial charge in [0.15, 0.2) is 5.11 Å². The van der Waals surface area contributed by atoms with Crippen molar-refractivity contribution >= 4 is 46.6 Å². The highest BCUT2D eigenvalue weighted by atomic mass is 35.5. The van der Waals surface area contributed by atoms with E-state index in [0.29, 0.717) is 47.4 Å². The first-order valence-electron chi connectivity index (χ1n) is 9.91. The summed E-state index contributed by atoms with van der Waals surface area (Å²) < 4.78 is 16.2. The standard InChI is InChI=1S/C22H22ClN3O6S/c1-30-9-3-8-25-21(27)18(24-22(25)33)11-14-4-6-19(31-2)15(10-14)13-32-20-7-5-16(26(28)29)12-17(20)23/h4-7,10-12H,3,8-9,13H2,1-2H3,(H,24,33)/b18-11+. The first-order chi connectivity index (χ1) is 15.8. The number of ether oxygens (including phenoxy) is 3. The largest absolute Gasteiger partial charge is 0.496 e. The SMILES string of the molecule is COCCCN1C(=O)/C(=C\c2ccc(OC)c(COc3ccc([N+](=O)[O-])cc3Cl)c2)NC1=S. The smallest absolute Gasteiger partial charge is 0.276 e. The summed E-state index contributed by atoms with van der Waals surface area (Å²) in [6, 6.07) is 9.37. The second-order valence-electron chi connectivity index (χ2n) is 7.02. The fourth-order valence-electron chi connectivity index (χ4n) is 3.19. The fourth-order valence-corrected chi connectivity index (χ4v) is 3.70. The topological polar surface area (TPSA) is 103 Å². The third-order valence-electron chi connectivity index (χ3n) is 4.82. The average molecular weight is 492 g/mol. The van der Waals surface area contributed by atoms with Crippen molar-refractivity contribution < 1.29 is 23.9 Å². The number of hydrogen-bond acceptors (Lipinski definition) is 7. The molecule has 0 radical (unpaired) electrons. The maximum atomic E-state index is 12.7. The van der Waals surface area contributed by atoms with E-state index in [9.17, 15) is 14.9 Å². The van der Waals surface area contributed by atoms with Gasteiger partial charge in [-0.15, -0.1) is 0 Å². The van der Waals surface area contributed by atoms with E-state index in [1.165, 1.54) is 30.2 Å². The lowest BCUT2D eigenvalue weighted by Crippen LogP contribution is -2.32. The lowest BCUT2D eigenvalue weighted by Gasteiger charge is -2.13. The van der Waals surface area contributed by atoms with Crippen molar-refractivity contribution in [3.63, 3.8) is 0 Å². The van der Waals surface area contributed by atoms with Gasteiger partial charge in [0.05, 0.1) is 17.1 Å². The van der Waals surface area contributed by atoms with Crippen molar-refractivity contribution in [3.05, 3.63) is 68.4 Å². The van der Waals surface area contributed by atoms with Crippen LogP contribution in [0, 0.1) is 10.1 Å². The first-order valence-corrected chi connectivity index (χ1v) is 10.7. The zero-order valence-corrected chi connectivity index (χ0v) is 19.6. The quantitative estimate of drug-likeness (QED) is 0.175. The third kappa shape index (κ3) is 5.98. The number of rotatable bonds is 10. The Morgan fingerprint density at radius 3 is 2.64 bits per heavy atom. The Morgan fingerprint density at radius 2 is 1.97 bits per heavy atom. The van der Waals surface area contributed by atoms with Crippen LogP contribution in [0.3, 0.4) is 0 Å². The van der Waals surface area contributed by atoms with Crippen LogP contribution >= 0.6 is 23.8 Å². The Labute approximate surface area is 201 Å². The van der Waals surface area contributed by atoms with E-state index >= 15 is 0 Å². The number of benzene rings is 2. The van der Waals surface area contributed by atoms with Crippen molar-refractivity contribution in [1.29, 1.82) is 0 Å². The fraction of sp³-hybridized carbons (Fsp3) is 0.273. The van der Waals surface area contributed by atoms with Crippen molar-refractivity contribution in [2.75, 3.05) is 27.4 Å². The van der Waals surface area contributed by atoms with Crippen LogP contribution in [0.4, 0.5) is 5.69 Å². The number of non-ortho nitro benzene ring substituents is 1. The zero-order valence-electron chi connectivity index (χ0n) is 18.0. The van der Waals surface area contributed by atoms with Crippen LogP contribution in [0.1, 0.15) is 17.5 Å². The molecule has 1 N–H and O–H groups in total. The molecule has 0 aliphatic carbocycles. The van der Waals surface area contributed by atoms with Crippen LogP contribution in [-0.4, -0.2) is 48.2 Å². The molecule has 2 aromatic carbocycles. The van der Waals surface area contributed by atoms with Gasteiger partial charge in [-0.3, -0.25) is 19.8 Å². The zero-order chi connectivity index (χ0) is 24.0. The van der Waals surface area contributed by atoms with Gasteiger partial charge in [-0.1, -0.05) is 17.7 Å². The second-order valence-corrected chi connectivity index (χ2v) is 7.82. The predicted octanol–water partition coefficient (Wildman–Crippen LogP) is 3.93. The van der Waals surface area contributed by atoms with E-state index in [1.807, 2.05) is 6.07 Å². The second kappa shape index (κ2) is 11.1. The average Bonchev–Trinajstić information content (AvgIpc) is 3.05. The minimum Gasteiger partial charge on any atom is -0.496 e. The summed E-state index contributed by atoms with van der Waals surface area (Å²) >= 11 is 11.4. The van der Waals surface area contributed by atoms with Crippen LogP contribution < -0.4 is 14.8 Å². The van der Waals surface area contributed by atoms with Gasteiger partial charge < -0.3 is 19.5 Å². The molecule has 0 saturated carbocycles. The maximum absolute atomic E-state index is 12.7. The Morgan fingerprint density at radius 1 is 1.21 bits per heavy atom. The molecule has 3 rings (SSSR count). The number of nitro groups is 1. The molecule has 33 heavy (non-hydrogen) atoms. The van der Waals surface area contributed by atoms with Crippen molar-refractivity contribution in [3.8, 4) is 11.5 Å². The molecule has 1 aliphatic rings. The Kier molecular flexibility index (Phi) is 8.21. The van der Waals surface area contributed by atoms with E-state index in [2.05, 4.69) is 5.32 Å². The molecule has 0 spiro atoms. The lowest BCUT2D eigenvalue weighted by molar-refractivity contribution is -0.384. The van der Waals surface area contributed by atoms with Crippen LogP contribution in [-0.2, 0) is 16.1 Å². The Hall–Kier alpha value is -3.21. The van der Waals surface area contributed by atoms with Crippen molar-refractivity contribution in [2.45, 2.75) is 13.0 Å². The molecule has 0 aromatic heterocycles. The van der Waals surface area contributed by atoms with E-state index in [1.54, 1.807) is 25.3 Å². The van der Waals surface area contributed by atoms with Gasteiger partial charge >= 0.3 is 0 Å². The highest BCUT2D eigenvalue weighted by Gasteiger charge is 2.30. The van der Waals surface area contributed by atoms with E-state index in [-0.39, 0.29) is 23.2 Å². The van der Waals surface area contributed by atoms with Crippen molar-refractivity contribution in [1.82, 2.24) is 10.2 Å². The molecular formula is C22H22ClN3O6S. The summed E-state index contributed by atoms with van der Waals surface area (Å²) in [6.45, 7) is 1.10. The highest BCUT2D eigenvalue weighted by Crippen LogP contribution is 2.30. The van der Waals surface area contributed by atoms with Gasteiger partial charge in [0.1, 0.15) is 23.8 Å². The summed E-state index contributed by atoms with van der Waals surface area (Å²) in [5, 5.41) is 14.3. The summed E-state index contributed by atoms with van der Waals surface area (Å²) in [5.74, 6) is 0.678. The van der Waals surface area contributed by atoms with E-state index in [0.717, 1.165) is 5.56 Å². The number of nitro benzene ring substituents is 1. The molecule has 2 aromatic rings. The van der Waals surface area contributed by atoms with Gasteiger partial charge in [0.25, 0.3) is 11.6 Å². The molecule has 1 saturated heterocycles. The number of methoxy groups -OCH3 is 2. The Bertz CT molecular complexity index is 1110. The molecule has 1 aliphatic heterocycles. The molecule has 1 heterocycles. The van der Waals surface area contributed by atoms with Crippen LogP contribution in [0.5, 0.6) is 11.5 Å². The molecule has 0 atom stereocenters. The third-order valence-corrected chi connectivity index (χ3v) is 5.44. The van der Waals surface area contributed by atoms with Crippen LogP contribution in [0.15, 0.2) is 42.1 Å². The summed E-state index contributed by atoms with van der Waals surface area (Å²) in [6.07, 6.45) is 2.37. The van der Waals surface area contributed by atoms with Crippen LogP contribution in [0.25, 0.3) is 6.08 Å². The molecule has 0 bridgehead atoms. The number of thiocarbonyl (C=S) groups is 1. The van der Waals surface area contributed by atoms with E-state index < -0.39 is 4.92 Å². The van der Waals surface area contributed by atoms with Gasteiger partial charge in [0.2, 0.25) is 0 Å². The van der Waals surface area contributed by atoms with Gasteiger partial charge in [-0.05, 0) is 48.5 Å². The molecule has 11 heteroatoms. The number of amides is 1. The monoisotopic (exact) mass is 491 g/mol. The van der Waals surface area contributed by atoms with Crippen LogP contribution in [0.2, 0.25) is 5.02 Å². The number of carbonyl (C=O) groups is 1. The number of nitrogens with zero attached hydrogens (tertiary/aromatic N) is 2. The van der Waals surface area contributed by atoms with Gasteiger partial charge in [-0.2, -0.15) is 0 Å². The molecule has 1 fully saturated rings. The minimum atomic E-state index is -0.529. The summed E-state index contributed by atoms with van der Waals surface area (Å²) in [5.41, 5.74) is 1.68. The first kappa shape index (κ1) is 24.4. The molecule has 9 nitrogen and oxygen atoms in total. The van der Waals surface area contributed by atoms with Gasteiger partial charge in [-0.25, -0.2) is 0 Å². The summed E-state index contributed by atoms with van der Waals surface area (Å²) in [7, 11) is 3.14. The number of halogens is 1.